The molecule has 0 heterocycles. The molecule has 3 N–H and O–H groups in total. The van der Waals surface area contributed by atoms with E-state index in [9.17, 15) is 9.00 Å². The first-order valence-electron chi connectivity index (χ1n) is 5.85. The molecular weight excluding hydrogens is 296 g/mol. The number of nitrogens with two attached hydrogens (primary N) is 1. The third kappa shape index (κ3) is 3.59. The molecule has 2 rings (SSSR count). The fraction of sp³-hybridized carbons (Fsp3) is 0.0714. The molecule has 0 aliphatic carbocycles. The van der Waals surface area contributed by atoms with E-state index in [4.69, 9.17) is 17.3 Å². The summed E-state index contributed by atoms with van der Waals surface area (Å²) < 4.78 is 12.2. The number of nitrogens with one attached hydrogen (secondary N) is 1. The molecule has 2 aromatic carbocycles. The molecule has 0 saturated carbocycles. The number of para-hydroxylation sites is 1. The average molecular weight is 309 g/mol. The van der Waals surface area contributed by atoms with Crippen molar-refractivity contribution in [1.29, 1.82) is 0 Å². The van der Waals surface area contributed by atoms with Crippen molar-refractivity contribution in [1.82, 2.24) is 0 Å². The minimum atomic E-state index is -1.58. The Hall–Kier alpha value is -1.85. The second-order valence-electron chi connectivity index (χ2n) is 4.06. The van der Waals surface area contributed by atoms with Gasteiger partial charge in [0, 0.05) is 11.4 Å². The zero-order valence-corrected chi connectivity index (χ0v) is 12.1. The van der Waals surface area contributed by atoms with Crippen LogP contribution in [0.25, 0.3) is 0 Å². The molecule has 0 aliphatic heterocycles. The van der Waals surface area contributed by atoms with E-state index >= 15 is 0 Å². The SMILES string of the molecule is Nc1cccc(Cl)c1S(=O)CC(=O)Nc1ccccc1. The molecule has 2 aromatic rings. The first-order valence-corrected chi connectivity index (χ1v) is 7.55. The summed E-state index contributed by atoms with van der Waals surface area (Å²) in [7, 11) is -1.58. The number of carbonyl (C=O) groups excluding carboxylic acids is 1. The van der Waals surface area contributed by atoms with Gasteiger partial charge in [-0.2, -0.15) is 0 Å². The number of hydrogen-bond acceptors (Lipinski definition) is 3. The summed E-state index contributed by atoms with van der Waals surface area (Å²) in [5.74, 6) is -0.545. The summed E-state index contributed by atoms with van der Waals surface area (Å²) >= 11 is 5.96. The van der Waals surface area contributed by atoms with Gasteiger partial charge in [0.05, 0.1) is 20.7 Å². The lowest BCUT2D eigenvalue weighted by atomic mass is 10.3. The van der Waals surface area contributed by atoms with Gasteiger partial charge in [-0.3, -0.25) is 9.00 Å². The van der Waals surface area contributed by atoms with Gasteiger partial charge in [0.25, 0.3) is 0 Å². The Labute approximate surface area is 124 Å². The average Bonchev–Trinajstić information content (AvgIpc) is 2.39. The van der Waals surface area contributed by atoms with Crippen LogP contribution in [0.4, 0.5) is 11.4 Å². The van der Waals surface area contributed by atoms with E-state index in [1.807, 2.05) is 6.07 Å². The van der Waals surface area contributed by atoms with Gasteiger partial charge in [0.2, 0.25) is 5.91 Å². The number of halogens is 1. The standard InChI is InChI=1S/C14H13ClN2O2S/c15-11-7-4-8-12(16)14(11)20(19)9-13(18)17-10-5-2-1-3-6-10/h1-8H,9,16H2,(H,17,18). The predicted octanol–water partition coefficient (Wildman–Crippen LogP) is 2.67. The van der Waals surface area contributed by atoms with Crippen LogP contribution in [0.2, 0.25) is 5.02 Å². The van der Waals surface area contributed by atoms with Gasteiger partial charge in [0.1, 0.15) is 5.75 Å². The van der Waals surface area contributed by atoms with Crippen molar-refractivity contribution in [3.63, 3.8) is 0 Å². The van der Waals surface area contributed by atoms with Crippen LogP contribution < -0.4 is 11.1 Å². The Balaban J connectivity index is 2.07. The van der Waals surface area contributed by atoms with E-state index in [2.05, 4.69) is 5.32 Å². The molecule has 0 fully saturated rings. The lowest BCUT2D eigenvalue weighted by molar-refractivity contribution is -0.113. The molecular formula is C14H13ClN2O2S. The van der Waals surface area contributed by atoms with Gasteiger partial charge >= 0.3 is 0 Å². The number of hydrogen-bond donors (Lipinski definition) is 2. The number of amides is 1. The highest BCUT2D eigenvalue weighted by Gasteiger charge is 2.16. The lowest BCUT2D eigenvalue weighted by Crippen LogP contribution is -2.20. The van der Waals surface area contributed by atoms with Crippen molar-refractivity contribution in [2.24, 2.45) is 0 Å². The predicted molar refractivity (Wildman–Crippen MR) is 82.2 cm³/mol. The second kappa shape index (κ2) is 6.54. The molecule has 0 spiro atoms. The number of nitrogen functional groups attached to an aromatic ring is 1. The number of rotatable bonds is 4. The Morgan fingerprint density at radius 2 is 1.85 bits per heavy atom. The minimum Gasteiger partial charge on any atom is -0.398 e. The van der Waals surface area contributed by atoms with Crippen molar-refractivity contribution < 1.29 is 9.00 Å². The monoisotopic (exact) mass is 308 g/mol. The summed E-state index contributed by atoms with van der Waals surface area (Å²) in [6, 6.07) is 13.8. The van der Waals surface area contributed by atoms with Crippen LogP contribution >= 0.6 is 11.6 Å². The van der Waals surface area contributed by atoms with Crippen molar-refractivity contribution in [2.75, 3.05) is 16.8 Å². The van der Waals surface area contributed by atoms with Gasteiger partial charge in [-0.1, -0.05) is 35.9 Å². The molecule has 6 heteroatoms. The highest BCUT2D eigenvalue weighted by molar-refractivity contribution is 7.86. The molecule has 0 saturated heterocycles. The normalized spacial score (nSPS) is 11.8. The first-order chi connectivity index (χ1) is 9.58. The van der Waals surface area contributed by atoms with E-state index in [0.29, 0.717) is 21.3 Å². The van der Waals surface area contributed by atoms with Crippen molar-refractivity contribution in [3.8, 4) is 0 Å². The van der Waals surface area contributed by atoms with Gasteiger partial charge in [-0.05, 0) is 24.3 Å². The topological polar surface area (TPSA) is 72.2 Å². The quantitative estimate of drug-likeness (QED) is 0.853. The molecule has 0 radical (unpaired) electrons. The molecule has 4 nitrogen and oxygen atoms in total. The summed E-state index contributed by atoms with van der Waals surface area (Å²) in [5.41, 5.74) is 6.72. The molecule has 1 unspecified atom stereocenters. The van der Waals surface area contributed by atoms with Crippen LogP contribution in [0, 0.1) is 0 Å². The molecule has 1 atom stereocenters. The van der Waals surface area contributed by atoms with E-state index < -0.39 is 10.8 Å². The lowest BCUT2D eigenvalue weighted by Gasteiger charge is -2.08. The smallest absolute Gasteiger partial charge is 0.237 e. The third-order valence-electron chi connectivity index (χ3n) is 2.54. The van der Waals surface area contributed by atoms with Crippen LogP contribution in [0.15, 0.2) is 53.4 Å². The zero-order valence-electron chi connectivity index (χ0n) is 10.5. The highest BCUT2D eigenvalue weighted by Crippen LogP contribution is 2.25. The van der Waals surface area contributed by atoms with Gasteiger partial charge in [0.15, 0.2) is 0 Å². The molecule has 0 aliphatic rings. The maximum Gasteiger partial charge on any atom is 0.237 e. The number of carbonyl (C=O) groups is 1. The van der Waals surface area contributed by atoms with E-state index in [1.165, 1.54) is 0 Å². The van der Waals surface area contributed by atoms with E-state index in [-0.39, 0.29) is 11.7 Å². The summed E-state index contributed by atoms with van der Waals surface area (Å²) in [4.78, 5) is 12.1. The highest BCUT2D eigenvalue weighted by atomic mass is 35.5. The Morgan fingerprint density at radius 1 is 1.15 bits per heavy atom. The van der Waals surface area contributed by atoms with Gasteiger partial charge in [-0.15, -0.1) is 0 Å². The van der Waals surface area contributed by atoms with Crippen LogP contribution in [0.5, 0.6) is 0 Å². The summed E-state index contributed by atoms with van der Waals surface area (Å²) in [6.45, 7) is 0. The summed E-state index contributed by atoms with van der Waals surface area (Å²) in [5, 5.41) is 2.97. The Kier molecular flexibility index (Phi) is 4.76. The molecule has 1 amide bonds. The van der Waals surface area contributed by atoms with Crippen molar-refractivity contribution in [3.05, 3.63) is 53.6 Å². The molecule has 20 heavy (non-hydrogen) atoms. The molecule has 0 aromatic heterocycles. The van der Waals surface area contributed by atoms with Gasteiger partial charge < -0.3 is 11.1 Å². The Bertz CT molecular complexity index is 627. The second-order valence-corrected chi connectivity index (χ2v) is 5.86. The summed E-state index contributed by atoms with van der Waals surface area (Å²) in [6.07, 6.45) is 0. The third-order valence-corrected chi connectivity index (χ3v) is 4.41. The van der Waals surface area contributed by atoms with Crippen LogP contribution in [0.3, 0.4) is 0 Å². The Morgan fingerprint density at radius 3 is 2.50 bits per heavy atom. The maximum absolute atomic E-state index is 12.2. The first kappa shape index (κ1) is 14.6. The fourth-order valence-corrected chi connectivity index (χ4v) is 3.19. The maximum atomic E-state index is 12.2. The van der Waals surface area contributed by atoms with Crippen molar-refractivity contribution in [2.45, 2.75) is 4.90 Å². The zero-order chi connectivity index (χ0) is 14.5. The largest absolute Gasteiger partial charge is 0.398 e. The van der Waals surface area contributed by atoms with Crippen LogP contribution in [-0.4, -0.2) is 15.9 Å². The fourth-order valence-electron chi connectivity index (χ4n) is 1.68. The van der Waals surface area contributed by atoms with Crippen LogP contribution in [-0.2, 0) is 15.6 Å². The minimum absolute atomic E-state index is 0.192. The van der Waals surface area contributed by atoms with Gasteiger partial charge in [-0.25, -0.2) is 0 Å². The molecule has 0 bridgehead atoms. The van der Waals surface area contributed by atoms with E-state index in [0.717, 1.165) is 0 Å². The van der Waals surface area contributed by atoms with E-state index in [1.54, 1.807) is 42.5 Å². The number of benzene rings is 2. The van der Waals surface area contributed by atoms with Crippen molar-refractivity contribution >= 4 is 39.7 Å². The van der Waals surface area contributed by atoms with Crippen LogP contribution in [0.1, 0.15) is 0 Å². The number of anilines is 2. The molecule has 104 valence electrons.